The largest absolute Gasteiger partial charge is 0.460 e. The van der Waals surface area contributed by atoms with E-state index in [1.165, 1.54) is 16.3 Å². The number of H-pyrrole nitrogens is 1. The number of hydrogen-bond donors (Lipinski definition) is 2. The van der Waals surface area contributed by atoms with E-state index in [4.69, 9.17) is 10.5 Å². The number of nitrogens with one attached hydrogen (secondary N) is 1. The summed E-state index contributed by atoms with van der Waals surface area (Å²) in [6.45, 7) is 3.38. The minimum Gasteiger partial charge on any atom is -0.460 e. The molecule has 6 heteroatoms. The standard InChI is InChI=1S/C13H17NO3.C11H8N2/c1-13(2,9-15)11(14)12(16)17-8-10-6-4-3-5-7-10;1-2-4-10-8(3-1)9-5-6-12-7-11(9)13-10/h3-7,9,11H,8,14H2,1-2H3;1-7,13H. The number of ether oxygens (including phenoxy) is 1. The first-order chi connectivity index (χ1) is 14.4. The van der Waals surface area contributed by atoms with Gasteiger partial charge in [-0.1, -0.05) is 62.4 Å². The van der Waals surface area contributed by atoms with Crippen LogP contribution in [0, 0.1) is 5.41 Å². The van der Waals surface area contributed by atoms with Gasteiger partial charge in [-0.15, -0.1) is 0 Å². The first-order valence-corrected chi connectivity index (χ1v) is 9.65. The lowest BCUT2D eigenvalue weighted by Crippen LogP contribution is -2.45. The van der Waals surface area contributed by atoms with Crippen molar-refractivity contribution in [3.05, 3.63) is 78.6 Å². The summed E-state index contributed by atoms with van der Waals surface area (Å²) in [5, 5.41) is 2.51. The maximum absolute atomic E-state index is 11.6. The fraction of sp³-hybridized carbons (Fsp3) is 0.208. The molecule has 2 heterocycles. The molecule has 1 unspecified atom stereocenters. The topological polar surface area (TPSA) is 98.1 Å². The van der Waals surface area contributed by atoms with Crippen LogP contribution in [0.3, 0.4) is 0 Å². The second-order valence-electron chi connectivity index (χ2n) is 7.60. The van der Waals surface area contributed by atoms with Crippen molar-refractivity contribution >= 4 is 34.1 Å². The molecule has 0 aliphatic rings. The molecule has 0 amide bonds. The smallest absolute Gasteiger partial charge is 0.324 e. The van der Waals surface area contributed by atoms with E-state index in [1.807, 2.05) is 54.9 Å². The number of hydrogen-bond acceptors (Lipinski definition) is 5. The second kappa shape index (κ2) is 9.33. The molecule has 2 aromatic carbocycles. The predicted molar refractivity (Wildman–Crippen MR) is 118 cm³/mol. The van der Waals surface area contributed by atoms with Crippen molar-refractivity contribution < 1.29 is 14.3 Å². The number of carbonyl (C=O) groups excluding carboxylic acids is 2. The number of carbonyl (C=O) groups is 2. The molecular weight excluding hydrogens is 378 g/mol. The Kier molecular flexibility index (Phi) is 6.59. The number of rotatable bonds is 5. The van der Waals surface area contributed by atoms with E-state index in [2.05, 4.69) is 28.2 Å². The highest BCUT2D eigenvalue weighted by Gasteiger charge is 2.33. The van der Waals surface area contributed by atoms with Crippen LogP contribution in [0.15, 0.2) is 73.1 Å². The van der Waals surface area contributed by atoms with E-state index in [0.29, 0.717) is 6.29 Å². The predicted octanol–water partition coefficient (Wildman–Crippen LogP) is 4.00. The number of nitrogens with zero attached hydrogens (tertiary/aromatic N) is 1. The molecule has 0 radical (unpaired) electrons. The third kappa shape index (κ3) is 4.90. The maximum atomic E-state index is 11.6. The molecule has 4 aromatic rings. The zero-order valence-electron chi connectivity index (χ0n) is 17.0. The van der Waals surface area contributed by atoms with Gasteiger partial charge in [-0.2, -0.15) is 0 Å². The van der Waals surface area contributed by atoms with Gasteiger partial charge in [0.05, 0.1) is 11.7 Å². The fourth-order valence-corrected chi connectivity index (χ4v) is 2.90. The number of pyridine rings is 1. The van der Waals surface area contributed by atoms with Crippen LogP contribution in [0.25, 0.3) is 21.8 Å². The first-order valence-electron chi connectivity index (χ1n) is 9.65. The second-order valence-corrected chi connectivity index (χ2v) is 7.60. The van der Waals surface area contributed by atoms with E-state index in [1.54, 1.807) is 13.8 Å². The number of nitrogens with two attached hydrogens (primary N) is 1. The van der Waals surface area contributed by atoms with Crippen molar-refractivity contribution in [2.75, 3.05) is 0 Å². The van der Waals surface area contributed by atoms with Crippen molar-refractivity contribution in [3.8, 4) is 0 Å². The molecule has 0 bridgehead atoms. The van der Waals surface area contributed by atoms with Gasteiger partial charge in [0, 0.05) is 27.9 Å². The van der Waals surface area contributed by atoms with E-state index in [-0.39, 0.29) is 6.61 Å². The molecule has 0 saturated heterocycles. The number of benzene rings is 2. The zero-order valence-corrected chi connectivity index (χ0v) is 17.0. The summed E-state index contributed by atoms with van der Waals surface area (Å²) in [7, 11) is 0. The van der Waals surface area contributed by atoms with E-state index < -0.39 is 17.4 Å². The van der Waals surface area contributed by atoms with Crippen molar-refractivity contribution in [2.45, 2.75) is 26.5 Å². The number of esters is 1. The molecule has 0 aliphatic heterocycles. The Labute approximate surface area is 175 Å². The molecule has 154 valence electrons. The number of aldehydes is 1. The summed E-state index contributed by atoms with van der Waals surface area (Å²) in [5.41, 5.74) is 7.91. The summed E-state index contributed by atoms with van der Waals surface area (Å²) in [5.74, 6) is -0.564. The maximum Gasteiger partial charge on any atom is 0.324 e. The highest BCUT2D eigenvalue weighted by Crippen LogP contribution is 2.23. The Morgan fingerprint density at radius 3 is 2.47 bits per heavy atom. The quantitative estimate of drug-likeness (QED) is 0.388. The Morgan fingerprint density at radius 2 is 1.73 bits per heavy atom. The van der Waals surface area contributed by atoms with Gasteiger partial charge in [0.2, 0.25) is 0 Å². The minimum absolute atomic E-state index is 0.169. The first kappa shape index (κ1) is 21.2. The third-order valence-corrected chi connectivity index (χ3v) is 4.89. The van der Waals surface area contributed by atoms with Crippen LogP contribution >= 0.6 is 0 Å². The van der Waals surface area contributed by atoms with Gasteiger partial charge in [0.1, 0.15) is 18.9 Å². The van der Waals surface area contributed by atoms with Crippen LogP contribution in [-0.2, 0) is 20.9 Å². The summed E-state index contributed by atoms with van der Waals surface area (Å²) < 4.78 is 5.06. The van der Waals surface area contributed by atoms with Crippen molar-refractivity contribution in [1.82, 2.24) is 9.97 Å². The van der Waals surface area contributed by atoms with Gasteiger partial charge >= 0.3 is 5.97 Å². The van der Waals surface area contributed by atoms with Gasteiger partial charge in [-0.25, -0.2) is 0 Å². The summed E-state index contributed by atoms with van der Waals surface area (Å²) >= 11 is 0. The molecule has 1 atom stereocenters. The van der Waals surface area contributed by atoms with Crippen molar-refractivity contribution in [2.24, 2.45) is 11.1 Å². The van der Waals surface area contributed by atoms with Gasteiger partial charge in [0.15, 0.2) is 0 Å². The van der Waals surface area contributed by atoms with Crippen molar-refractivity contribution in [3.63, 3.8) is 0 Å². The number of aromatic nitrogens is 2. The lowest BCUT2D eigenvalue weighted by Gasteiger charge is -2.23. The van der Waals surface area contributed by atoms with Gasteiger partial charge < -0.3 is 20.2 Å². The van der Waals surface area contributed by atoms with Crippen LogP contribution in [0.4, 0.5) is 0 Å². The Hall–Kier alpha value is -3.51. The minimum atomic E-state index is -0.941. The molecule has 0 spiro atoms. The van der Waals surface area contributed by atoms with Crippen LogP contribution in [0.2, 0.25) is 0 Å². The lowest BCUT2D eigenvalue weighted by atomic mass is 9.87. The average Bonchev–Trinajstić information content (AvgIpc) is 3.17. The number of para-hydroxylation sites is 1. The number of aromatic amines is 1. The third-order valence-electron chi connectivity index (χ3n) is 4.89. The average molecular weight is 403 g/mol. The van der Waals surface area contributed by atoms with E-state index >= 15 is 0 Å². The molecule has 0 fully saturated rings. The molecule has 30 heavy (non-hydrogen) atoms. The molecular formula is C24H25N3O3. The molecule has 0 saturated carbocycles. The van der Waals surface area contributed by atoms with Gasteiger partial charge in [-0.05, 0) is 17.7 Å². The SMILES string of the molecule is CC(C)(C=O)C(N)C(=O)OCc1ccccc1.c1ccc2c(c1)[nH]c1cnccc12. The van der Waals surface area contributed by atoms with Gasteiger partial charge in [-0.3, -0.25) is 9.78 Å². The van der Waals surface area contributed by atoms with Crippen LogP contribution in [0.1, 0.15) is 19.4 Å². The van der Waals surface area contributed by atoms with Crippen LogP contribution in [-0.4, -0.2) is 28.3 Å². The molecule has 6 nitrogen and oxygen atoms in total. The zero-order chi connectivity index (χ0) is 21.6. The summed E-state index contributed by atoms with van der Waals surface area (Å²) in [4.78, 5) is 29.8. The Morgan fingerprint density at radius 1 is 1.07 bits per heavy atom. The monoisotopic (exact) mass is 403 g/mol. The van der Waals surface area contributed by atoms with E-state index in [0.717, 1.165) is 11.1 Å². The van der Waals surface area contributed by atoms with Crippen LogP contribution in [0.5, 0.6) is 0 Å². The normalized spacial score (nSPS) is 12.1. The highest BCUT2D eigenvalue weighted by atomic mass is 16.5. The lowest BCUT2D eigenvalue weighted by molar-refractivity contribution is -0.150. The molecule has 3 N–H and O–H groups in total. The van der Waals surface area contributed by atoms with Crippen molar-refractivity contribution in [1.29, 1.82) is 0 Å². The Balaban J connectivity index is 0.000000175. The summed E-state index contributed by atoms with van der Waals surface area (Å²) in [6.07, 6.45) is 4.35. The Bertz CT molecular complexity index is 1090. The fourth-order valence-electron chi connectivity index (χ4n) is 2.90. The molecule has 4 rings (SSSR count). The highest BCUT2D eigenvalue weighted by molar-refractivity contribution is 6.06. The van der Waals surface area contributed by atoms with Crippen LogP contribution < -0.4 is 5.73 Å². The molecule has 0 aliphatic carbocycles. The van der Waals surface area contributed by atoms with E-state index in [9.17, 15) is 9.59 Å². The summed E-state index contributed by atoms with van der Waals surface area (Å²) in [6, 6.07) is 18.7. The molecule has 2 aromatic heterocycles. The number of fused-ring (bicyclic) bond motifs is 3. The van der Waals surface area contributed by atoms with Gasteiger partial charge in [0.25, 0.3) is 0 Å².